The molecule has 0 radical (unpaired) electrons. The van der Waals surface area contributed by atoms with Gasteiger partial charge in [-0.1, -0.05) is 33.8 Å². The molecule has 0 aromatic heterocycles. The average molecular weight is 330 g/mol. The van der Waals surface area contributed by atoms with Crippen LogP contribution in [0.1, 0.15) is 39.7 Å². The molecular weight excluding hydrogens is 305 g/mol. The van der Waals surface area contributed by atoms with E-state index in [4.69, 9.17) is 0 Å². The third kappa shape index (κ3) is 6.53. The molecule has 108 valence electrons. The molecule has 1 aromatic rings. The second-order valence-electron chi connectivity index (χ2n) is 6.44. The van der Waals surface area contributed by atoms with E-state index in [2.05, 4.69) is 48.9 Å². The van der Waals surface area contributed by atoms with Gasteiger partial charge in [0.15, 0.2) is 0 Å². The minimum atomic E-state index is -0.194. The van der Waals surface area contributed by atoms with Gasteiger partial charge < -0.3 is 5.32 Å². The number of nitrogens with one attached hydrogen (secondary N) is 1. The largest absolute Gasteiger partial charge is 0.316 e. The fourth-order valence-electron chi connectivity index (χ4n) is 2.11. The molecule has 0 saturated heterocycles. The molecule has 0 aliphatic carbocycles. The van der Waals surface area contributed by atoms with E-state index in [1.807, 2.05) is 12.1 Å². The monoisotopic (exact) mass is 329 g/mol. The van der Waals surface area contributed by atoms with Gasteiger partial charge >= 0.3 is 0 Å². The van der Waals surface area contributed by atoms with Crippen molar-refractivity contribution in [2.75, 3.05) is 13.1 Å². The van der Waals surface area contributed by atoms with Crippen LogP contribution in [0.25, 0.3) is 0 Å². The fourth-order valence-corrected chi connectivity index (χ4v) is 2.53. The third-order valence-electron chi connectivity index (χ3n) is 3.20. The second-order valence-corrected chi connectivity index (χ2v) is 7.29. The van der Waals surface area contributed by atoms with Gasteiger partial charge in [-0.3, -0.25) is 0 Å². The molecule has 0 atom stereocenters. The molecule has 0 amide bonds. The Morgan fingerprint density at radius 1 is 1.32 bits per heavy atom. The van der Waals surface area contributed by atoms with Crippen molar-refractivity contribution in [3.63, 3.8) is 0 Å². The molecule has 19 heavy (non-hydrogen) atoms. The first-order valence-corrected chi connectivity index (χ1v) is 7.74. The first kappa shape index (κ1) is 16.6. The van der Waals surface area contributed by atoms with Gasteiger partial charge in [0.1, 0.15) is 5.82 Å². The Labute approximate surface area is 125 Å². The highest BCUT2D eigenvalue weighted by Gasteiger charge is 2.18. The van der Waals surface area contributed by atoms with Crippen molar-refractivity contribution in [2.24, 2.45) is 11.3 Å². The zero-order valence-corrected chi connectivity index (χ0v) is 14.0. The summed E-state index contributed by atoms with van der Waals surface area (Å²) in [5.41, 5.74) is 1.41. The van der Waals surface area contributed by atoms with E-state index in [0.29, 0.717) is 10.4 Å². The summed E-state index contributed by atoms with van der Waals surface area (Å²) in [5.74, 6) is 0.497. The van der Waals surface area contributed by atoms with Crippen molar-refractivity contribution in [1.29, 1.82) is 0 Å². The van der Waals surface area contributed by atoms with Crippen LogP contribution in [0.2, 0.25) is 0 Å². The van der Waals surface area contributed by atoms with Gasteiger partial charge in [-0.15, -0.1) is 0 Å². The molecule has 1 nitrogen and oxygen atoms in total. The molecule has 1 N–H and O–H groups in total. The smallest absolute Gasteiger partial charge is 0.137 e. The van der Waals surface area contributed by atoms with Crippen LogP contribution in [0, 0.1) is 17.2 Å². The van der Waals surface area contributed by atoms with Gasteiger partial charge in [0, 0.05) is 0 Å². The zero-order chi connectivity index (χ0) is 14.5. The van der Waals surface area contributed by atoms with Crippen molar-refractivity contribution < 1.29 is 4.39 Å². The highest BCUT2D eigenvalue weighted by atomic mass is 79.9. The maximum absolute atomic E-state index is 13.2. The molecule has 0 unspecified atom stereocenters. The summed E-state index contributed by atoms with van der Waals surface area (Å²) in [4.78, 5) is 0. The number of hydrogen-bond donors (Lipinski definition) is 1. The Morgan fingerprint density at radius 3 is 2.58 bits per heavy atom. The molecule has 0 aliphatic heterocycles. The quantitative estimate of drug-likeness (QED) is 0.709. The Hall–Kier alpha value is -0.410. The first-order chi connectivity index (χ1) is 8.80. The van der Waals surface area contributed by atoms with E-state index in [0.717, 1.165) is 25.9 Å². The summed E-state index contributed by atoms with van der Waals surface area (Å²) in [6.07, 6.45) is 2.09. The van der Waals surface area contributed by atoms with Crippen molar-refractivity contribution in [3.8, 4) is 0 Å². The first-order valence-electron chi connectivity index (χ1n) is 6.95. The zero-order valence-electron chi connectivity index (χ0n) is 12.4. The van der Waals surface area contributed by atoms with E-state index in [1.54, 1.807) is 0 Å². The van der Waals surface area contributed by atoms with Crippen molar-refractivity contribution in [1.82, 2.24) is 5.32 Å². The van der Waals surface area contributed by atoms with E-state index in [-0.39, 0.29) is 11.2 Å². The Balaban J connectivity index is 2.46. The van der Waals surface area contributed by atoms with Gasteiger partial charge in [0.2, 0.25) is 0 Å². The van der Waals surface area contributed by atoms with E-state index in [9.17, 15) is 4.39 Å². The molecule has 0 heterocycles. The van der Waals surface area contributed by atoms with Gasteiger partial charge in [-0.2, -0.15) is 0 Å². The number of benzene rings is 1. The van der Waals surface area contributed by atoms with Gasteiger partial charge in [0.25, 0.3) is 0 Å². The lowest BCUT2D eigenvalue weighted by molar-refractivity contribution is 0.322. The van der Waals surface area contributed by atoms with Crippen LogP contribution in [0.5, 0.6) is 0 Å². The highest BCUT2D eigenvalue weighted by molar-refractivity contribution is 9.10. The highest BCUT2D eigenvalue weighted by Crippen LogP contribution is 2.27. The summed E-state index contributed by atoms with van der Waals surface area (Å²) < 4.78 is 13.8. The predicted molar refractivity (Wildman–Crippen MR) is 83.9 cm³/mol. The summed E-state index contributed by atoms with van der Waals surface area (Å²) in [7, 11) is 0. The SMILES string of the molecule is CC(C)CNCCC(C)(C)Cc1ccc(F)c(Br)c1. The minimum absolute atomic E-state index is 0.194. The maximum Gasteiger partial charge on any atom is 0.137 e. The summed E-state index contributed by atoms with van der Waals surface area (Å²) in [6.45, 7) is 11.1. The van der Waals surface area contributed by atoms with E-state index < -0.39 is 0 Å². The molecule has 1 rings (SSSR count). The van der Waals surface area contributed by atoms with Gasteiger partial charge in [-0.05, 0) is 70.9 Å². The molecule has 0 fully saturated rings. The van der Waals surface area contributed by atoms with Crippen LogP contribution in [0.4, 0.5) is 4.39 Å². The summed E-state index contributed by atoms with van der Waals surface area (Å²) in [5, 5.41) is 3.48. The van der Waals surface area contributed by atoms with Gasteiger partial charge in [-0.25, -0.2) is 4.39 Å². The second kappa shape index (κ2) is 7.39. The lowest BCUT2D eigenvalue weighted by Crippen LogP contribution is -2.26. The topological polar surface area (TPSA) is 12.0 Å². The lowest BCUT2D eigenvalue weighted by atomic mass is 9.82. The lowest BCUT2D eigenvalue weighted by Gasteiger charge is -2.25. The van der Waals surface area contributed by atoms with Crippen LogP contribution in [-0.4, -0.2) is 13.1 Å². The van der Waals surface area contributed by atoms with Crippen LogP contribution in [0.15, 0.2) is 22.7 Å². The number of hydrogen-bond acceptors (Lipinski definition) is 1. The van der Waals surface area contributed by atoms with Crippen molar-refractivity contribution >= 4 is 15.9 Å². The molecule has 0 aliphatic rings. The van der Waals surface area contributed by atoms with Crippen LogP contribution in [0.3, 0.4) is 0 Å². The van der Waals surface area contributed by atoms with E-state index >= 15 is 0 Å². The Bertz CT molecular complexity index is 402. The van der Waals surface area contributed by atoms with Crippen LogP contribution < -0.4 is 5.32 Å². The summed E-state index contributed by atoms with van der Waals surface area (Å²) >= 11 is 3.25. The molecule has 1 aromatic carbocycles. The fraction of sp³-hybridized carbons (Fsp3) is 0.625. The number of halogens is 2. The van der Waals surface area contributed by atoms with Gasteiger partial charge in [0.05, 0.1) is 4.47 Å². The standard InChI is InChI=1S/C16H25BrFN/c1-12(2)11-19-8-7-16(3,4)10-13-5-6-15(18)14(17)9-13/h5-6,9,12,19H,7-8,10-11H2,1-4H3. The Morgan fingerprint density at radius 2 is 2.00 bits per heavy atom. The van der Waals surface area contributed by atoms with Crippen LogP contribution in [-0.2, 0) is 6.42 Å². The predicted octanol–water partition coefficient (Wildman–Crippen LogP) is 4.79. The van der Waals surface area contributed by atoms with Crippen molar-refractivity contribution in [3.05, 3.63) is 34.1 Å². The normalized spacial score (nSPS) is 12.2. The maximum atomic E-state index is 13.2. The molecular formula is C16H25BrFN. The van der Waals surface area contributed by atoms with E-state index in [1.165, 1.54) is 11.6 Å². The Kier molecular flexibility index (Phi) is 6.48. The molecule has 0 bridgehead atoms. The molecule has 3 heteroatoms. The third-order valence-corrected chi connectivity index (χ3v) is 3.81. The molecule has 0 saturated carbocycles. The number of rotatable bonds is 7. The van der Waals surface area contributed by atoms with Crippen molar-refractivity contribution in [2.45, 2.75) is 40.5 Å². The van der Waals surface area contributed by atoms with Crippen LogP contribution >= 0.6 is 15.9 Å². The summed E-state index contributed by atoms with van der Waals surface area (Å²) in [6, 6.07) is 5.30. The average Bonchev–Trinajstić information content (AvgIpc) is 2.29. The molecule has 0 spiro atoms. The minimum Gasteiger partial charge on any atom is -0.316 e.